The average molecular weight is 1380 g/mol. The minimum absolute atomic E-state index is 0.00105. The Kier molecular flexibility index (Phi) is 71.5. The van der Waals surface area contributed by atoms with Crippen molar-refractivity contribution in [3.63, 3.8) is 0 Å². The van der Waals surface area contributed by atoms with Gasteiger partial charge in [0.2, 0.25) is 5.91 Å². The molecule has 1 saturated heterocycles. The molecule has 98 heavy (non-hydrogen) atoms. The Morgan fingerprint density at radius 3 is 1.08 bits per heavy atom. The number of hydrogen-bond donors (Lipinski definition) is 6. The molecule has 0 aromatic rings. The Morgan fingerprint density at radius 1 is 0.378 bits per heavy atom. The summed E-state index contributed by atoms with van der Waals surface area (Å²) in [5.74, 6) is -0.186. The smallest absolute Gasteiger partial charge is 0.305 e. The van der Waals surface area contributed by atoms with E-state index in [-0.39, 0.29) is 18.5 Å². The lowest BCUT2D eigenvalue weighted by atomic mass is 9.99. The molecule has 1 heterocycles. The molecule has 0 bridgehead atoms. The van der Waals surface area contributed by atoms with Gasteiger partial charge in [0.25, 0.3) is 0 Å². The van der Waals surface area contributed by atoms with Gasteiger partial charge in [-0.2, -0.15) is 0 Å². The van der Waals surface area contributed by atoms with Gasteiger partial charge >= 0.3 is 5.97 Å². The molecule has 6 N–H and O–H groups in total. The number of allylic oxidation sites excluding steroid dienone is 11. The molecule has 1 fully saturated rings. The predicted octanol–water partition coefficient (Wildman–Crippen LogP) is 23.4. The zero-order valence-electron chi connectivity index (χ0n) is 64.0. The number of nitrogens with one attached hydrogen (secondary N) is 1. The third kappa shape index (κ3) is 62.8. The number of amides is 1. The predicted molar refractivity (Wildman–Crippen MR) is 416 cm³/mol. The standard InChI is InChI=1S/C87H159NO10/c1-3-5-7-9-11-13-15-17-19-47-51-55-59-63-67-71-75-83(92)96-76-72-68-64-60-56-52-48-44-42-40-38-36-34-32-30-28-26-24-22-20-21-23-25-27-29-31-33-35-37-39-41-43-46-50-54-58-62-66-70-74-82(91)88-79(78-97-87-86(95)85(94)84(93)81(77-89)98-87)80(90)73-69-65-61-57-53-49-45-18-16-14-12-10-8-6-4-2/h13,15,19-21,24,26,47,53,57,69,73,79-81,84-87,89-90,93-95H,3-12,14,16-18,22-23,25,27-46,48-52,54-56,58-68,70-72,74-78H2,1-2H3,(H,88,91)/b15-13-,21-20-,26-24-,47-19-,57-53+,73-69+. The summed E-state index contributed by atoms with van der Waals surface area (Å²) in [6, 6.07) is -0.827. The molecule has 1 aliphatic rings. The number of carbonyl (C=O) groups excluding carboxylic acids is 2. The van der Waals surface area contributed by atoms with Gasteiger partial charge in [0.15, 0.2) is 6.29 Å². The molecular formula is C87H159NO10. The number of esters is 1. The second kappa shape index (κ2) is 75.3. The molecule has 0 spiro atoms. The summed E-state index contributed by atoms with van der Waals surface area (Å²) >= 11 is 0. The van der Waals surface area contributed by atoms with Crippen LogP contribution in [0.4, 0.5) is 0 Å². The molecule has 1 amide bonds. The number of aliphatic hydroxyl groups is 5. The van der Waals surface area contributed by atoms with Gasteiger partial charge in [-0.1, -0.05) is 356 Å². The Hall–Kier alpha value is -2.90. The van der Waals surface area contributed by atoms with E-state index in [9.17, 15) is 35.1 Å². The van der Waals surface area contributed by atoms with Crippen molar-refractivity contribution < 1.29 is 49.3 Å². The lowest BCUT2D eigenvalue weighted by molar-refractivity contribution is -0.302. The van der Waals surface area contributed by atoms with Crippen LogP contribution >= 0.6 is 0 Å². The van der Waals surface area contributed by atoms with E-state index in [1.165, 1.54) is 308 Å². The summed E-state index contributed by atoms with van der Waals surface area (Å²) in [6.07, 6.45) is 93.7. The lowest BCUT2D eigenvalue weighted by Gasteiger charge is -2.40. The highest BCUT2D eigenvalue weighted by atomic mass is 16.7. The van der Waals surface area contributed by atoms with Crippen LogP contribution in [0.3, 0.4) is 0 Å². The van der Waals surface area contributed by atoms with Gasteiger partial charge in [0, 0.05) is 12.8 Å². The van der Waals surface area contributed by atoms with Crippen molar-refractivity contribution in [3.05, 3.63) is 72.9 Å². The van der Waals surface area contributed by atoms with E-state index in [2.05, 4.69) is 79.9 Å². The van der Waals surface area contributed by atoms with Crippen LogP contribution < -0.4 is 5.32 Å². The van der Waals surface area contributed by atoms with Gasteiger partial charge in [-0.25, -0.2) is 0 Å². The van der Waals surface area contributed by atoms with Crippen LogP contribution in [-0.4, -0.2) is 100 Å². The first-order valence-corrected chi connectivity index (χ1v) is 42.2. The number of ether oxygens (including phenoxy) is 3. The second-order valence-electron chi connectivity index (χ2n) is 29.2. The minimum atomic E-state index is -1.58. The SMILES string of the molecule is CCCCCC/C=C\C/C=C\CCCCCCCC(=O)OCCCCCCCCCCCCCCCCC/C=C\C/C=C\CCCCCCCCCCCCCCCCCCCC(=O)NC(COC1OC(CO)C(O)C(O)C1O)C(O)/C=C/CC/C=C/CCCCCCCCCCC. The van der Waals surface area contributed by atoms with Gasteiger partial charge < -0.3 is 45.1 Å². The van der Waals surface area contributed by atoms with Crippen molar-refractivity contribution in [3.8, 4) is 0 Å². The van der Waals surface area contributed by atoms with Gasteiger partial charge in [-0.3, -0.25) is 9.59 Å². The molecule has 0 aromatic heterocycles. The summed E-state index contributed by atoms with van der Waals surface area (Å²) in [7, 11) is 0. The average Bonchev–Trinajstić information content (AvgIpc) is 0.827. The van der Waals surface area contributed by atoms with Crippen molar-refractivity contribution >= 4 is 11.9 Å². The van der Waals surface area contributed by atoms with Crippen LogP contribution in [0.1, 0.15) is 406 Å². The van der Waals surface area contributed by atoms with E-state index in [4.69, 9.17) is 14.2 Å². The minimum Gasteiger partial charge on any atom is -0.466 e. The number of carbonyl (C=O) groups is 2. The maximum absolute atomic E-state index is 13.1. The largest absolute Gasteiger partial charge is 0.466 e. The molecule has 11 nitrogen and oxygen atoms in total. The fourth-order valence-corrected chi connectivity index (χ4v) is 13.2. The van der Waals surface area contributed by atoms with E-state index in [0.29, 0.717) is 19.4 Å². The molecule has 0 saturated carbocycles. The number of aliphatic hydroxyl groups excluding tert-OH is 5. The number of rotatable bonds is 75. The van der Waals surface area contributed by atoms with Gasteiger partial charge in [0.1, 0.15) is 24.4 Å². The molecule has 7 atom stereocenters. The van der Waals surface area contributed by atoms with Crippen LogP contribution in [0.25, 0.3) is 0 Å². The summed E-state index contributed by atoms with van der Waals surface area (Å²) < 4.78 is 16.8. The van der Waals surface area contributed by atoms with E-state index in [1.807, 2.05) is 6.08 Å². The van der Waals surface area contributed by atoms with E-state index < -0.39 is 49.5 Å². The Balaban J connectivity index is 1.91. The maximum Gasteiger partial charge on any atom is 0.305 e. The third-order valence-electron chi connectivity index (χ3n) is 19.8. The number of unbranched alkanes of at least 4 members (excludes halogenated alkanes) is 51. The van der Waals surface area contributed by atoms with E-state index in [0.717, 1.165) is 70.6 Å². The van der Waals surface area contributed by atoms with Crippen LogP contribution in [-0.2, 0) is 23.8 Å². The first-order chi connectivity index (χ1) is 48.2. The fraction of sp³-hybridized carbons (Fsp3) is 0.839. The second-order valence-corrected chi connectivity index (χ2v) is 29.2. The van der Waals surface area contributed by atoms with Crippen LogP contribution in [0.2, 0.25) is 0 Å². The van der Waals surface area contributed by atoms with E-state index >= 15 is 0 Å². The molecule has 0 aliphatic carbocycles. The van der Waals surface area contributed by atoms with Crippen LogP contribution in [0, 0.1) is 0 Å². The lowest BCUT2D eigenvalue weighted by Crippen LogP contribution is -2.60. The van der Waals surface area contributed by atoms with Crippen molar-refractivity contribution in [2.45, 2.75) is 448 Å². The van der Waals surface area contributed by atoms with Crippen LogP contribution in [0.5, 0.6) is 0 Å². The Labute approximate surface area is 604 Å². The number of hydrogen-bond acceptors (Lipinski definition) is 10. The molecule has 11 heteroatoms. The summed E-state index contributed by atoms with van der Waals surface area (Å²) in [4.78, 5) is 25.2. The zero-order chi connectivity index (χ0) is 70.8. The molecular weight excluding hydrogens is 1220 g/mol. The normalized spacial score (nSPS) is 17.6. The molecule has 0 radical (unpaired) electrons. The molecule has 1 rings (SSSR count). The van der Waals surface area contributed by atoms with Crippen molar-refractivity contribution in [2.75, 3.05) is 19.8 Å². The topological polar surface area (TPSA) is 175 Å². The molecule has 7 unspecified atom stereocenters. The van der Waals surface area contributed by atoms with Crippen molar-refractivity contribution in [1.29, 1.82) is 0 Å². The van der Waals surface area contributed by atoms with E-state index in [1.54, 1.807) is 6.08 Å². The Bertz CT molecular complexity index is 1860. The quantitative estimate of drug-likeness (QED) is 0.0195. The van der Waals surface area contributed by atoms with Crippen molar-refractivity contribution in [2.24, 2.45) is 0 Å². The highest BCUT2D eigenvalue weighted by Crippen LogP contribution is 2.24. The molecule has 572 valence electrons. The summed E-state index contributed by atoms with van der Waals surface area (Å²) in [5.41, 5.74) is 0. The fourth-order valence-electron chi connectivity index (χ4n) is 13.2. The molecule has 0 aromatic carbocycles. The van der Waals surface area contributed by atoms with Gasteiger partial charge in [0.05, 0.1) is 32.0 Å². The van der Waals surface area contributed by atoms with Gasteiger partial charge in [-0.15, -0.1) is 0 Å². The van der Waals surface area contributed by atoms with Gasteiger partial charge in [-0.05, 0) is 109 Å². The van der Waals surface area contributed by atoms with Crippen molar-refractivity contribution in [1.82, 2.24) is 5.32 Å². The first-order valence-electron chi connectivity index (χ1n) is 42.2. The highest BCUT2D eigenvalue weighted by molar-refractivity contribution is 5.76. The monoisotopic (exact) mass is 1380 g/mol. The third-order valence-corrected chi connectivity index (χ3v) is 19.8. The summed E-state index contributed by atoms with van der Waals surface area (Å²) in [5, 5.41) is 54.6. The summed E-state index contributed by atoms with van der Waals surface area (Å²) in [6.45, 7) is 4.35. The Morgan fingerprint density at radius 2 is 0.694 bits per heavy atom. The maximum atomic E-state index is 13.1. The first kappa shape index (κ1) is 93.1. The molecule has 1 aliphatic heterocycles. The van der Waals surface area contributed by atoms with Crippen LogP contribution in [0.15, 0.2) is 72.9 Å². The highest BCUT2D eigenvalue weighted by Gasteiger charge is 2.44. The zero-order valence-corrected chi connectivity index (χ0v) is 64.0.